The third-order valence-corrected chi connectivity index (χ3v) is 9.31. The molecule has 2 fully saturated rings. The quantitative estimate of drug-likeness (QED) is 0.537. The van der Waals surface area contributed by atoms with Gasteiger partial charge >= 0.3 is 0 Å². The maximum Gasteiger partial charge on any atom is 0.253 e. The number of nitrogens with zero attached hydrogens (tertiary/aromatic N) is 3. The minimum Gasteiger partial charge on any atom is -0.497 e. The van der Waals surface area contributed by atoms with Crippen LogP contribution in [0.25, 0.3) is 0 Å². The van der Waals surface area contributed by atoms with Crippen molar-refractivity contribution in [2.75, 3.05) is 38.8 Å². The second-order valence-corrected chi connectivity index (χ2v) is 11.2. The lowest BCUT2D eigenvalue weighted by atomic mass is 9.73. The van der Waals surface area contributed by atoms with E-state index in [-0.39, 0.29) is 36.8 Å². The summed E-state index contributed by atoms with van der Waals surface area (Å²) < 4.78 is 12.3. The number of fused-ring (bicyclic) bond motifs is 2. The van der Waals surface area contributed by atoms with E-state index in [1.807, 2.05) is 57.2 Å². The molecule has 3 amide bonds. The zero-order chi connectivity index (χ0) is 28.1. The first kappa shape index (κ1) is 27.4. The summed E-state index contributed by atoms with van der Waals surface area (Å²) >= 11 is 0. The molecule has 9 nitrogen and oxygen atoms in total. The van der Waals surface area contributed by atoms with E-state index in [1.54, 1.807) is 41.0 Å². The van der Waals surface area contributed by atoms with Gasteiger partial charge in [0.25, 0.3) is 5.91 Å². The predicted octanol–water partition coefficient (Wildman–Crippen LogP) is 2.39. The fourth-order valence-corrected chi connectivity index (χ4v) is 6.99. The smallest absolute Gasteiger partial charge is 0.253 e. The minimum atomic E-state index is -1.35. The Labute approximate surface area is 230 Å². The highest BCUT2D eigenvalue weighted by Crippen LogP contribution is 2.59. The number of anilines is 1. The molecule has 39 heavy (non-hydrogen) atoms. The van der Waals surface area contributed by atoms with Crippen LogP contribution >= 0.6 is 0 Å². The summed E-state index contributed by atoms with van der Waals surface area (Å²) in [6.45, 7) is 6.33. The van der Waals surface area contributed by atoms with E-state index in [1.165, 1.54) is 0 Å². The average Bonchev–Trinajstić information content (AvgIpc) is 3.25. The van der Waals surface area contributed by atoms with Gasteiger partial charge in [-0.05, 0) is 36.6 Å². The number of carbonyl (C=O) groups excluding carboxylic acids is 3. The molecule has 0 radical (unpaired) electrons. The van der Waals surface area contributed by atoms with Crippen LogP contribution in [-0.2, 0) is 19.1 Å². The average molecular weight is 538 g/mol. The summed E-state index contributed by atoms with van der Waals surface area (Å²) in [5, 5.41) is 10.5. The molecular formula is C30H39N3O6. The van der Waals surface area contributed by atoms with Crippen molar-refractivity contribution in [1.29, 1.82) is 0 Å². The molecule has 0 bridgehead atoms. The molecule has 1 spiro atoms. The molecular weight excluding hydrogens is 498 g/mol. The minimum absolute atomic E-state index is 0.0763. The van der Waals surface area contributed by atoms with Crippen molar-refractivity contribution in [2.24, 2.45) is 17.8 Å². The normalized spacial score (nSPS) is 33.4. The number of hydrogen-bond acceptors (Lipinski definition) is 6. The van der Waals surface area contributed by atoms with Gasteiger partial charge in [-0.25, -0.2) is 0 Å². The number of aliphatic hydroxyl groups excluding tert-OH is 1. The van der Waals surface area contributed by atoms with Crippen molar-refractivity contribution in [3.8, 4) is 5.75 Å². The SMILES string of the molecule is CC[C@H](C)[C@H](CO)N1C(=O)[C@@H]2[C@H]3C(=O)N(C)CC=C[C@@]3(CC)O[C@@]23C=CCN(c2ccc(OC)cc2)C(=O)C13. The Morgan fingerprint density at radius 3 is 2.33 bits per heavy atom. The number of likely N-dealkylation sites (N-methyl/N-ethyl adjacent to an activating group) is 1. The van der Waals surface area contributed by atoms with Crippen molar-refractivity contribution >= 4 is 23.4 Å². The van der Waals surface area contributed by atoms with Crippen LogP contribution in [0.3, 0.4) is 0 Å². The van der Waals surface area contributed by atoms with Crippen LogP contribution in [0.2, 0.25) is 0 Å². The van der Waals surface area contributed by atoms with Gasteiger partial charge in [-0.3, -0.25) is 14.4 Å². The molecule has 4 aliphatic heterocycles. The molecule has 1 aromatic rings. The van der Waals surface area contributed by atoms with E-state index in [4.69, 9.17) is 9.47 Å². The second kappa shape index (κ2) is 10.1. The highest BCUT2D eigenvalue weighted by atomic mass is 16.5. The van der Waals surface area contributed by atoms with Gasteiger partial charge in [0.15, 0.2) is 0 Å². The number of aliphatic hydroxyl groups is 1. The maximum atomic E-state index is 14.6. The molecule has 5 rings (SSSR count). The first-order chi connectivity index (χ1) is 18.7. The van der Waals surface area contributed by atoms with Crippen molar-refractivity contribution in [2.45, 2.75) is 56.9 Å². The van der Waals surface area contributed by atoms with Gasteiger partial charge in [0.2, 0.25) is 11.8 Å². The van der Waals surface area contributed by atoms with Gasteiger partial charge in [0.1, 0.15) is 17.4 Å². The first-order valence-corrected chi connectivity index (χ1v) is 13.9. The van der Waals surface area contributed by atoms with Crippen molar-refractivity contribution in [3.63, 3.8) is 0 Å². The van der Waals surface area contributed by atoms with E-state index >= 15 is 0 Å². The summed E-state index contributed by atoms with van der Waals surface area (Å²) in [6, 6.07) is 5.57. The summed E-state index contributed by atoms with van der Waals surface area (Å²) in [6.07, 6.45) is 8.74. The molecule has 0 aliphatic carbocycles. The van der Waals surface area contributed by atoms with Gasteiger partial charge in [-0.1, -0.05) is 51.5 Å². The Hall–Kier alpha value is -3.17. The highest BCUT2D eigenvalue weighted by molar-refractivity contribution is 6.06. The monoisotopic (exact) mass is 537 g/mol. The van der Waals surface area contributed by atoms with Gasteiger partial charge in [-0.15, -0.1) is 0 Å². The maximum absolute atomic E-state index is 14.6. The lowest BCUT2D eigenvalue weighted by molar-refractivity contribution is -0.153. The number of likely N-dealkylation sites (tertiary alicyclic amines) is 1. The van der Waals surface area contributed by atoms with Crippen LogP contribution in [0.5, 0.6) is 5.75 Å². The van der Waals surface area contributed by atoms with Crippen molar-refractivity contribution in [3.05, 3.63) is 48.6 Å². The fraction of sp³-hybridized carbons (Fsp3) is 0.567. The van der Waals surface area contributed by atoms with E-state index in [9.17, 15) is 19.5 Å². The van der Waals surface area contributed by atoms with Crippen LogP contribution in [0, 0.1) is 17.8 Å². The Bertz CT molecular complexity index is 1200. The Balaban J connectivity index is 1.69. The number of rotatable bonds is 7. The molecule has 0 saturated carbocycles. The number of amides is 3. The summed E-state index contributed by atoms with van der Waals surface area (Å²) in [7, 11) is 3.31. The lowest BCUT2D eigenvalue weighted by Crippen LogP contribution is -2.60. The van der Waals surface area contributed by atoms with E-state index < -0.39 is 35.1 Å². The zero-order valence-electron chi connectivity index (χ0n) is 23.4. The Morgan fingerprint density at radius 1 is 1.03 bits per heavy atom. The molecule has 2 saturated heterocycles. The van der Waals surface area contributed by atoms with E-state index in [2.05, 4.69) is 0 Å². The van der Waals surface area contributed by atoms with Crippen molar-refractivity contribution < 1.29 is 29.0 Å². The van der Waals surface area contributed by atoms with Gasteiger partial charge in [-0.2, -0.15) is 0 Å². The fourth-order valence-electron chi connectivity index (χ4n) is 6.99. The Morgan fingerprint density at radius 2 is 1.72 bits per heavy atom. The zero-order valence-corrected chi connectivity index (χ0v) is 23.4. The molecule has 1 N–H and O–H groups in total. The second-order valence-electron chi connectivity index (χ2n) is 11.2. The molecule has 4 heterocycles. The molecule has 7 atom stereocenters. The Kier molecular flexibility index (Phi) is 7.09. The summed E-state index contributed by atoms with van der Waals surface area (Å²) in [5.74, 6) is -1.86. The molecule has 4 aliphatic rings. The third kappa shape index (κ3) is 3.92. The molecule has 1 aromatic carbocycles. The van der Waals surface area contributed by atoms with Crippen LogP contribution in [0.4, 0.5) is 5.69 Å². The molecule has 210 valence electrons. The molecule has 9 heteroatoms. The van der Waals surface area contributed by atoms with Crippen LogP contribution < -0.4 is 9.64 Å². The third-order valence-electron chi connectivity index (χ3n) is 9.31. The lowest BCUT2D eigenvalue weighted by Gasteiger charge is -2.42. The van der Waals surface area contributed by atoms with Crippen LogP contribution in [-0.4, -0.2) is 89.8 Å². The molecule has 0 aromatic heterocycles. The summed E-state index contributed by atoms with van der Waals surface area (Å²) in [5.41, 5.74) is -1.71. The number of methoxy groups -OCH3 is 1. The topological polar surface area (TPSA) is 99.6 Å². The van der Waals surface area contributed by atoms with Crippen LogP contribution in [0.1, 0.15) is 33.6 Å². The molecule has 1 unspecified atom stereocenters. The number of hydrogen-bond donors (Lipinski definition) is 1. The number of benzene rings is 1. The van der Waals surface area contributed by atoms with Crippen LogP contribution in [0.15, 0.2) is 48.6 Å². The largest absolute Gasteiger partial charge is 0.497 e. The van der Waals surface area contributed by atoms with Gasteiger partial charge in [0, 0.05) is 25.8 Å². The summed E-state index contributed by atoms with van der Waals surface area (Å²) in [4.78, 5) is 47.8. The highest BCUT2D eigenvalue weighted by Gasteiger charge is 2.76. The predicted molar refractivity (Wildman–Crippen MR) is 146 cm³/mol. The standard InChI is InChI=1S/C30H39N3O6/c1-6-19(3)22(18-34)33-25-28(37)32(20-10-12-21(38-5)13-11-20)17-9-15-30(25)24(27(33)36)23-26(35)31(4)16-8-14-29(23,7-2)39-30/h8-15,19,22-25,34H,6-7,16-18H2,1-5H3/t19-,22-,23-,24-,25?,29+,30-/m0/s1. The first-order valence-electron chi connectivity index (χ1n) is 13.9. The van der Waals surface area contributed by atoms with E-state index in [0.717, 1.165) is 0 Å². The van der Waals surface area contributed by atoms with Gasteiger partial charge < -0.3 is 29.3 Å². The van der Waals surface area contributed by atoms with Crippen molar-refractivity contribution in [1.82, 2.24) is 9.80 Å². The van der Waals surface area contributed by atoms with E-state index in [0.29, 0.717) is 30.8 Å². The number of ether oxygens (including phenoxy) is 2. The number of carbonyl (C=O) groups is 3. The van der Waals surface area contributed by atoms with Gasteiger partial charge in [0.05, 0.1) is 37.2 Å².